The first-order valence-electron chi connectivity index (χ1n) is 9.21. The van der Waals surface area contributed by atoms with Gasteiger partial charge in [0.2, 0.25) is 5.91 Å². The zero-order valence-electron chi connectivity index (χ0n) is 16.0. The monoisotopic (exact) mass is 417 g/mol. The van der Waals surface area contributed by atoms with Crippen molar-refractivity contribution < 1.29 is 14.3 Å². The van der Waals surface area contributed by atoms with E-state index in [1.165, 1.54) is 0 Å². The number of hydrogen-bond donors (Lipinski definition) is 4. The molecule has 0 aliphatic carbocycles. The van der Waals surface area contributed by atoms with Gasteiger partial charge in [-0.25, -0.2) is 4.98 Å². The molecule has 5 N–H and O–H groups in total. The van der Waals surface area contributed by atoms with Crippen LogP contribution in [0, 0.1) is 6.92 Å². The molecule has 1 atom stereocenters. The summed E-state index contributed by atoms with van der Waals surface area (Å²) < 4.78 is 5.45. The van der Waals surface area contributed by atoms with Crippen LogP contribution in [0.3, 0.4) is 0 Å². The van der Waals surface area contributed by atoms with Crippen molar-refractivity contribution in [2.24, 2.45) is 0 Å². The number of anilines is 2. The SMILES string of the molecule is Cc1ccc(C(=O)Nc2c(N)nc(SCC(=O)NC[C@@H]3CCCO3)[nH]c2=O)cc1. The number of rotatable bonds is 7. The Kier molecular flexibility index (Phi) is 6.89. The second kappa shape index (κ2) is 9.57. The van der Waals surface area contributed by atoms with Crippen LogP contribution in [0.25, 0.3) is 0 Å². The summed E-state index contributed by atoms with van der Waals surface area (Å²) in [4.78, 5) is 43.1. The molecule has 1 aromatic carbocycles. The van der Waals surface area contributed by atoms with Crippen LogP contribution in [0.15, 0.2) is 34.2 Å². The number of H-pyrrole nitrogens is 1. The second-order valence-electron chi connectivity index (χ2n) is 6.68. The van der Waals surface area contributed by atoms with E-state index in [9.17, 15) is 14.4 Å². The molecule has 2 amide bonds. The lowest BCUT2D eigenvalue weighted by molar-refractivity contribution is -0.119. The minimum Gasteiger partial charge on any atom is -0.382 e. The first kappa shape index (κ1) is 20.9. The largest absolute Gasteiger partial charge is 0.382 e. The summed E-state index contributed by atoms with van der Waals surface area (Å²) in [7, 11) is 0. The lowest BCUT2D eigenvalue weighted by atomic mass is 10.1. The Morgan fingerprint density at radius 1 is 1.34 bits per heavy atom. The minimum absolute atomic E-state index is 0.0638. The van der Waals surface area contributed by atoms with Gasteiger partial charge in [-0.05, 0) is 31.9 Å². The zero-order chi connectivity index (χ0) is 20.8. The van der Waals surface area contributed by atoms with Gasteiger partial charge in [0.15, 0.2) is 11.0 Å². The average molecular weight is 417 g/mol. The van der Waals surface area contributed by atoms with Crippen LogP contribution in [0.5, 0.6) is 0 Å². The van der Waals surface area contributed by atoms with Crippen molar-refractivity contribution >= 4 is 35.1 Å². The standard InChI is InChI=1S/C19H23N5O4S/c1-11-4-6-12(7-5-11)17(26)22-15-16(20)23-19(24-18(15)27)29-10-14(25)21-9-13-3-2-8-28-13/h4-7,13H,2-3,8-10H2,1H3,(H,21,25)(H,22,26)(H3,20,23,24,27)/t13-/m0/s1. The third-order valence-electron chi connectivity index (χ3n) is 4.37. The van der Waals surface area contributed by atoms with E-state index in [0.717, 1.165) is 36.8 Å². The van der Waals surface area contributed by atoms with Crippen molar-refractivity contribution in [2.75, 3.05) is 30.0 Å². The van der Waals surface area contributed by atoms with Crippen LogP contribution >= 0.6 is 11.8 Å². The first-order valence-corrected chi connectivity index (χ1v) is 10.2. The van der Waals surface area contributed by atoms with E-state index < -0.39 is 11.5 Å². The summed E-state index contributed by atoms with van der Waals surface area (Å²) in [6.45, 7) is 3.11. The van der Waals surface area contributed by atoms with E-state index in [2.05, 4.69) is 20.6 Å². The van der Waals surface area contributed by atoms with E-state index in [1.54, 1.807) is 24.3 Å². The fourth-order valence-electron chi connectivity index (χ4n) is 2.77. The Morgan fingerprint density at radius 3 is 2.76 bits per heavy atom. The average Bonchev–Trinajstić information content (AvgIpc) is 3.21. The van der Waals surface area contributed by atoms with E-state index in [4.69, 9.17) is 10.5 Å². The summed E-state index contributed by atoms with van der Waals surface area (Å²) >= 11 is 1.05. The maximum Gasteiger partial charge on any atom is 0.277 e. The van der Waals surface area contributed by atoms with Crippen LogP contribution < -0.4 is 21.9 Å². The molecule has 3 rings (SSSR count). The molecule has 0 spiro atoms. The molecule has 2 aromatic rings. The van der Waals surface area contributed by atoms with Crippen LogP contribution in [-0.2, 0) is 9.53 Å². The summed E-state index contributed by atoms with van der Waals surface area (Å²) in [5, 5.41) is 5.48. The van der Waals surface area contributed by atoms with Crippen molar-refractivity contribution in [3.8, 4) is 0 Å². The first-order chi connectivity index (χ1) is 13.9. The third-order valence-corrected chi connectivity index (χ3v) is 5.24. The molecule has 154 valence electrons. The van der Waals surface area contributed by atoms with Gasteiger partial charge < -0.3 is 21.1 Å². The van der Waals surface area contributed by atoms with E-state index in [1.807, 2.05) is 6.92 Å². The Hall–Kier alpha value is -2.85. The summed E-state index contributed by atoms with van der Waals surface area (Å²) in [5.74, 6) is -0.692. The number of benzene rings is 1. The number of carbonyl (C=O) groups is 2. The summed E-state index contributed by atoms with van der Waals surface area (Å²) in [6.07, 6.45) is 2.01. The quantitative estimate of drug-likeness (QED) is 0.393. The topological polar surface area (TPSA) is 139 Å². The Bertz CT molecular complexity index is 939. The van der Waals surface area contributed by atoms with Gasteiger partial charge in [0.05, 0.1) is 11.9 Å². The Labute approximate surface area is 171 Å². The number of carbonyl (C=O) groups excluding carboxylic acids is 2. The lowest BCUT2D eigenvalue weighted by Gasteiger charge is -2.11. The van der Waals surface area contributed by atoms with Gasteiger partial charge in [-0.2, -0.15) is 0 Å². The lowest BCUT2D eigenvalue weighted by Crippen LogP contribution is -2.33. The molecule has 9 nitrogen and oxygen atoms in total. The molecule has 2 heterocycles. The van der Waals surface area contributed by atoms with Crippen molar-refractivity contribution in [2.45, 2.75) is 31.0 Å². The molecule has 29 heavy (non-hydrogen) atoms. The number of ether oxygens (including phenoxy) is 1. The normalized spacial score (nSPS) is 15.8. The Balaban J connectivity index is 1.57. The molecular weight excluding hydrogens is 394 g/mol. The maximum absolute atomic E-state index is 12.3. The smallest absolute Gasteiger partial charge is 0.277 e. The predicted molar refractivity (Wildman–Crippen MR) is 111 cm³/mol. The van der Waals surface area contributed by atoms with Crippen LogP contribution in [0.4, 0.5) is 11.5 Å². The number of nitrogen functional groups attached to an aromatic ring is 1. The van der Waals surface area contributed by atoms with Gasteiger partial charge >= 0.3 is 0 Å². The predicted octanol–water partition coefficient (Wildman–Crippen LogP) is 1.30. The van der Waals surface area contributed by atoms with Crippen LogP contribution in [-0.4, -0.2) is 46.8 Å². The van der Waals surface area contributed by atoms with Gasteiger partial charge in [0.25, 0.3) is 11.5 Å². The van der Waals surface area contributed by atoms with Crippen molar-refractivity contribution in [1.29, 1.82) is 0 Å². The van der Waals surface area contributed by atoms with E-state index >= 15 is 0 Å². The van der Waals surface area contributed by atoms with Gasteiger partial charge in [0.1, 0.15) is 5.69 Å². The number of thioether (sulfide) groups is 1. The highest BCUT2D eigenvalue weighted by Gasteiger charge is 2.17. The molecule has 0 unspecified atom stereocenters. The summed E-state index contributed by atoms with van der Waals surface area (Å²) in [6, 6.07) is 6.90. The van der Waals surface area contributed by atoms with Gasteiger partial charge in [-0.1, -0.05) is 29.5 Å². The minimum atomic E-state index is -0.583. The summed E-state index contributed by atoms with van der Waals surface area (Å²) in [5.41, 5.74) is 6.55. The molecule has 0 saturated carbocycles. The van der Waals surface area contributed by atoms with Crippen molar-refractivity contribution in [3.63, 3.8) is 0 Å². The number of nitrogens with two attached hydrogens (primary N) is 1. The zero-order valence-corrected chi connectivity index (χ0v) is 16.8. The molecule has 1 fully saturated rings. The van der Waals surface area contributed by atoms with Crippen LogP contribution in [0.2, 0.25) is 0 Å². The van der Waals surface area contributed by atoms with Gasteiger partial charge in [-0.15, -0.1) is 0 Å². The van der Waals surface area contributed by atoms with Gasteiger partial charge in [0, 0.05) is 18.7 Å². The van der Waals surface area contributed by atoms with Crippen molar-refractivity contribution in [1.82, 2.24) is 15.3 Å². The number of amides is 2. The number of nitrogens with one attached hydrogen (secondary N) is 3. The molecule has 10 heteroatoms. The molecule has 1 aliphatic heterocycles. The third kappa shape index (κ3) is 5.81. The molecule has 1 aromatic heterocycles. The number of hydrogen-bond acceptors (Lipinski definition) is 7. The van der Waals surface area contributed by atoms with Crippen molar-refractivity contribution in [3.05, 3.63) is 45.7 Å². The van der Waals surface area contributed by atoms with Gasteiger partial charge in [-0.3, -0.25) is 19.4 Å². The maximum atomic E-state index is 12.3. The highest BCUT2D eigenvalue weighted by atomic mass is 32.2. The molecule has 1 aliphatic rings. The number of aryl methyl sites for hydroxylation is 1. The fraction of sp³-hybridized carbons (Fsp3) is 0.368. The highest BCUT2D eigenvalue weighted by molar-refractivity contribution is 7.99. The molecule has 1 saturated heterocycles. The number of nitrogens with zero attached hydrogens (tertiary/aromatic N) is 1. The highest BCUT2D eigenvalue weighted by Crippen LogP contribution is 2.17. The molecule has 0 bridgehead atoms. The van der Waals surface area contributed by atoms with E-state index in [0.29, 0.717) is 12.1 Å². The number of aromatic nitrogens is 2. The van der Waals surface area contributed by atoms with E-state index in [-0.39, 0.29) is 34.4 Å². The Morgan fingerprint density at radius 2 is 2.10 bits per heavy atom. The number of aromatic amines is 1. The van der Waals surface area contributed by atoms with Crippen LogP contribution in [0.1, 0.15) is 28.8 Å². The fourth-order valence-corrected chi connectivity index (χ4v) is 3.46. The molecular formula is C19H23N5O4S. The second-order valence-corrected chi connectivity index (χ2v) is 7.64. The molecule has 0 radical (unpaired) electrons.